The largest absolute Gasteiger partial charge is 0.478 e. The first-order valence-corrected chi connectivity index (χ1v) is 7.09. The molecule has 1 aromatic heterocycles. The molecule has 106 valence electrons. The van der Waals surface area contributed by atoms with Crippen molar-refractivity contribution in [3.8, 4) is 0 Å². The maximum Gasteiger partial charge on any atom is 0.335 e. The lowest BCUT2D eigenvalue weighted by atomic mass is 9.92. The summed E-state index contributed by atoms with van der Waals surface area (Å²) in [7, 11) is 0. The lowest BCUT2D eigenvalue weighted by Gasteiger charge is -2.19. The number of aromatic carboxylic acids is 1. The number of benzene rings is 1. The summed E-state index contributed by atoms with van der Waals surface area (Å²) in [6.45, 7) is 6.60. The summed E-state index contributed by atoms with van der Waals surface area (Å²) in [5.74, 6) is 0.0919. The molecule has 0 saturated heterocycles. The molecule has 0 spiro atoms. The molecule has 2 aromatic rings. The number of imidazole rings is 1. The maximum atomic E-state index is 11.2. The van der Waals surface area contributed by atoms with Gasteiger partial charge in [-0.1, -0.05) is 13.8 Å². The van der Waals surface area contributed by atoms with Crippen LogP contribution >= 0.6 is 0 Å². The van der Waals surface area contributed by atoms with Gasteiger partial charge < -0.3 is 9.67 Å². The van der Waals surface area contributed by atoms with Crippen molar-refractivity contribution in [2.24, 2.45) is 5.41 Å². The molecule has 1 atom stereocenters. The minimum Gasteiger partial charge on any atom is -0.478 e. The minimum atomic E-state index is -0.885. The highest BCUT2D eigenvalue weighted by Crippen LogP contribution is 2.44. The van der Waals surface area contributed by atoms with E-state index in [1.165, 1.54) is 6.42 Å². The number of carboxylic acids is 1. The van der Waals surface area contributed by atoms with Gasteiger partial charge in [0.15, 0.2) is 0 Å². The van der Waals surface area contributed by atoms with Crippen LogP contribution in [0.5, 0.6) is 0 Å². The summed E-state index contributed by atoms with van der Waals surface area (Å²) in [6, 6.07) is 5.62. The van der Waals surface area contributed by atoms with Gasteiger partial charge in [-0.15, -0.1) is 0 Å². The summed E-state index contributed by atoms with van der Waals surface area (Å²) < 4.78 is 2.23. The van der Waals surface area contributed by atoms with E-state index in [0.29, 0.717) is 17.0 Å². The number of nitrogens with zero attached hydrogens (tertiary/aromatic N) is 2. The molecule has 1 aromatic carbocycles. The van der Waals surface area contributed by atoms with Crippen LogP contribution in [-0.4, -0.2) is 20.6 Å². The van der Waals surface area contributed by atoms with E-state index in [4.69, 9.17) is 5.11 Å². The molecule has 0 aliphatic heterocycles. The van der Waals surface area contributed by atoms with Crippen LogP contribution in [0, 0.1) is 12.3 Å². The number of carboxylic acid groups (broad SMARTS) is 1. The van der Waals surface area contributed by atoms with E-state index in [0.717, 1.165) is 29.7 Å². The second-order valence-electron chi connectivity index (χ2n) is 6.60. The fourth-order valence-corrected chi connectivity index (χ4v) is 3.43. The lowest BCUT2D eigenvalue weighted by molar-refractivity contribution is 0.0697. The molecule has 1 saturated carbocycles. The van der Waals surface area contributed by atoms with E-state index in [1.807, 2.05) is 13.0 Å². The highest BCUT2D eigenvalue weighted by Gasteiger charge is 2.33. The Kier molecular flexibility index (Phi) is 2.85. The molecule has 4 nitrogen and oxygen atoms in total. The normalized spacial score (nSPS) is 21.4. The van der Waals surface area contributed by atoms with E-state index in [1.54, 1.807) is 12.1 Å². The van der Waals surface area contributed by atoms with Gasteiger partial charge in [-0.05, 0) is 49.8 Å². The summed E-state index contributed by atoms with van der Waals surface area (Å²) in [5.41, 5.74) is 2.52. The zero-order valence-electron chi connectivity index (χ0n) is 12.2. The van der Waals surface area contributed by atoms with Crippen LogP contribution in [0.25, 0.3) is 11.0 Å². The summed E-state index contributed by atoms with van der Waals surface area (Å²) in [6.07, 6.45) is 3.46. The zero-order valence-corrected chi connectivity index (χ0v) is 12.2. The second kappa shape index (κ2) is 4.33. The van der Waals surface area contributed by atoms with E-state index >= 15 is 0 Å². The van der Waals surface area contributed by atoms with Crippen molar-refractivity contribution in [2.45, 2.75) is 46.1 Å². The third-order valence-electron chi connectivity index (χ3n) is 4.42. The predicted molar refractivity (Wildman–Crippen MR) is 78.1 cm³/mol. The minimum absolute atomic E-state index is 0.330. The number of fused-ring (bicyclic) bond motifs is 1. The van der Waals surface area contributed by atoms with Crippen LogP contribution in [0.15, 0.2) is 18.2 Å². The Hall–Kier alpha value is -1.84. The number of aromatic nitrogens is 2. The first-order valence-electron chi connectivity index (χ1n) is 7.09. The average Bonchev–Trinajstić information content (AvgIpc) is 2.86. The molecule has 1 N–H and O–H groups in total. The van der Waals surface area contributed by atoms with Crippen LogP contribution in [0.4, 0.5) is 0 Å². The van der Waals surface area contributed by atoms with Gasteiger partial charge in [0.2, 0.25) is 0 Å². The highest BCUT2D eigenvalue weighted by molar-refractivity contribution is 5.92. The van der Waals surface area contributed by atoms with Crippen LogP contribution < -0.4 is 0 Å². The molecular formula is C16H20N2O2. The SMILES string of the molecule is Cc1nc2ccc(C(=O)O)cc2n1C1CCC(C)(C)C1. The molecule has 1 aliphatic rings. The molecule has 0 amide bonds. The summed E-state index contributed by atoms with van der Waals surface area (Å²) in [4.78, 5) is 15.7. The Morgan fingerprint density at radius 3 is 2.80 bits per heavy atom. The molecule has 0 radical (unpaired) electrons. The van der Waals surface area contributed by atoms with Crippen molar-refractivity contribution < 1.29 is 9.90 Å². The van der Waals surface area contributed by atoms with Crippen LogP contribution in [0.3, 0.4) is 0 Å². The summed E-state index contributed by atoms with van der Waals surface area (Å²) >= 11 is 0. The van der Waals surface area contributed by atoms with Crippen molar-refractivity contribution in [3.05, 3.63) is 29.6 Å². The van der Waals surface area contributed by atoms with Crippen LogP contribution in [0.2, 0.25) is 0 Å². The molecule has 20 heavy (non-hydrogen) atoms. The Bertz CT molecular complexity index is 685. The zero-order chi connectivity index (χ0) is 14.5. The van der Waals surface area contributed by atoms with Gasteiger partial charge in [-0.2, -0.15) is 0 Å². The van der Waals surface area contributed by atoms with E-state index in [2.05, 4.69) is 23.4 Å². The Morgan fingerprint density at radius 2 is 2.20 bits per heavy atom. The smallest absolute Gasteiger partial charge is 0.335 e. The van der Waals surface area contributed by atoms with Crippen molar-refractivity contribution in [1.29, 1.82) is 0 Å². The Labute approximate surface area is 118 Å². The monoisotopic (exact) mass is 272 g/mol. The standard InChI is InChI=1S/C16H20N2O2/c1-10-17-13-5-4-11(15(19)20)8-14(13)18(10)12-6-7-16(2,3)9-12/h4-5,8,12H,6-7,9H2,1-3H3,(H,19,20). The Balaban J connectivity index is 2.12. The van der Waals surface area contributed by atoms with Crippen molar-refractivity contribution in [1.82, 2.24) is 9.55 Å². The average molecular weight is 272 g/mol. The van der Waals surface area contributed by atoms with Gasteiger partial charge in [-0.3, -0.25) is 0 Å². The predicted octanol–water partition coefficient (Wildman–Crippen LogP) is 3.79. The molecule has 1 aliphatic carbocycles. The fourth-order valence-electron chi connectivity index (χ4n) is 3.43. The van der Waals surface area contributed by atoms with Crippen LogP contribution in [0.1, 0.15) is 55.3 Å². The molecule has 3 rings (SSSR count). The number of hydrogen-bond donors (Lipinski definition) is 1. The van der Waals surface area contributed by atoms with Gasteiger partial charge in [0.1, 0.15) is 5.82 Å². The van der Waals surface area contributed by atoms with Crippen molar-refractivity contribution in [3.63, 3.8) is 0 Å². The maximum absolute atomic E-state index is 11.2. The van der Waals surface area contributed by atoms with Crippen LogP contribution in [-0.2, 0) is 0 Å². The van der Waals surface area contributed by atoms with Crippen molar-refractivity contribution >= 4 is 17.0 Å². The third-order valence-corrected chi connectivity index (χ3v) is 4.42. The van der Waals surface area contributed by atoms with E-state index in [-0.39, 0.29) is 0 Å². The number of aryl methyl sites for hydroxylation is 1. The van der Waals surface area contributed by atoms with Gasteiger partial charge in [-0.25, -0.2) is 9.78 Å². The quantitative estimate of drug-likeness (QED) is 0.904. The van der Waals surface area contributed by atoms with E-state index < -0.39 is 5.97 Å². The molecule has 1 unspecified atom stereocenters. The topological polar surface area (TPSA) is 55.1 Å². The van der Waals surface area contributed by atoms with Gasteiger partial charge in [0.05, 0.1) is 16.6 Å². The number of carbonyl (C=O) groups is 1. The molecule has 1 heterocycles. The molecule has 4 heteroatoms. The number of hydrogen-bond acceptors (Lipinski definition) is 2. The summed E-state index contributed by atoms with van der Waals surface area (Å²) in [5, 5.41) is 9.16. The van der Waals surface area contributed by atoms with E-state index in [9.17, 15) is 4.79 Å². The highest BCUT2D eigenvalue weighted by atomic mass is 16.4. The fraction of sp³-hybridized carbons (Fsp3) is 0.500. The van der Waals surface area contributed by atoms with Gasteiger partial charge >= 0.3 is 5.97 Å². The third kappa shape index (κ3) is 2.09. The molecule has 0 bridgehead atoms. The first-order chi connectivity index (χ1) is 9.37. The lowest BCUT2D eigenvalue weighted by Crippen LogP contribution is -2.10. The van der Waals surface area contributed by atoms with Gasteiger partial charge in [0, 0.05) is 6.04 Å². The molecule has 1 fully saturated rings. The molecular weight excluding hydrogens is 252 g/mol. The second-order valence-corrected chi connectivity index (χ2v) is 6.60. The number of rotatable bonds is 2. The first kappa shape index (κ1) is 13.2. The van der Waals surface area contributed by atoms with Crippen molar-refractivity contribution in [2.75, 3.05) is 0 Å². The Morgan fingerprint density at radius 1 is 1.45 bits per heavy atom. The van der Waals surface area contributed by atoms with Gasteiger partial charge in [0.25, 0.3) is 0 Å².